The van der Waals surface area contributed by atoms with E-state index in [0.29, 0.717) is 12.4 Å². The summed E-state index contributed by atoms with van der Waals surface area (Å²) < 4.78 is 1.33. The Labute approximate surface area is 126 Å². The van der Waals surface area contributed by atoms with Gasteiger partial charge in [0, 0.05) is 12.7 Å². The Morgan fingerprint density at radius 2 is 2.19 bits per heavy atom. The summed E-state index contributed by atoms with van der Waals surface area (Å²) in [7, 11) is 0. The van der Waals surface area contributed by atoms with Gasteiger partial charge in [0.1, 0.15) is 12.2 Å². The molecule has 10 heteroatoms. The zero-order chi connectivity index (χ0) is 15.0. The summed E-state index contributed by atoms with van der Waals surface area (Å²) in [5.74, 6) is 0.216. The Kier molecular flexibility index (Phi) is 3.45. The molecule has 2 aromatic heterocycles. The van der Waals surface area contributed by atoms with Crippen LogP contribution in [0, 0.1) is 0 Å². The number of anilines is 1. The average molecular weight is 355 g/mol. The van der Waals surface area contributed by atoms with Crippen molar-refractivity contribution in [1.82, 2.24) is 25.0 Å². The number of rotatable bonds is 2. The number of aromatic amines is 2. The highest BCUT2D eigenvalue weighted by Gasteiger charge is 2.26. The Balaban J connectivity index is 1.87. The molecule has 1 aliphatic heterocycles. The molecule has 3 heterocycles. The fraction of sp³-hybridized carbons (Fsp3) is 0.364. The van der Waals surface area contributed by atoms with E-state index in [1.165, 1.54) is 11.1 Å². The molecule has 0 fully saturated rings. The van der Waals surface area contributed by atoms with Gasteiger partial charge < -0.3 is 0 Å². The number of carbonyl (C=O) groups excluding carboxylic acids is 1. The lowest BCUT2D eigenvalue weighted by Gasteiger charge is -2.24. The van der Waals surface area contributed by atoms with Crippen LogP contribution in [0.3, 0.4) is 0 Å². The Morgan fingerprint density at radius 3 is 3.00 bits per heavy atom. The number of aromatic nitrogens is 5. The molecule has 21 heavy (non-hydrogen) atoms. The van der Waals surface area contributed by atoms with Crippen LogP contribution in [0.4, 0.5) is 5.82 Å². The van der Waals surface area contributed by atoms with Crippen molar-refractivity contribution in [3.63, 3.8) is 0 Å². The zero-order valence-electron chi connectivity index (χ0n) is 10.8. The molecule has 0 aromatic carbocycles. The van der Waals surface area contributed by atoms with Gasteiger partial charge in [0.2, 0.25) is 5.91 Å². The normalized spacial score (nSPS) is 14.0. The predicted octanol–water partition coefficient (Wildman–Crippen LogP) is -0.603. The lowest BCUT2D eigenvalue weighted by molar-refractivity contribution is -0.119. The van der Waals surface area contributed by atoms with E-state index in [1.54, 1.807) is 0 Å². The minimum Gasteiger partial charge on any atom is -0.292 e. The van der Waals surface area contributed by atoms with Gasteiger partial charge in [-0.2, -0.15) is 10.3 Å². The summed E-state index contributed by atoms with van der Waals surface area (Å²) in [6.45, 7) is 0.345. The van der Waals surface area contributed by atoms with Crippen LogP contribution in [0.5, 0.6) is 0 Å². The molecule has 0 saturated heterocycles. The maximum absolute atomic E-state index is 12.4. The van der Waals surface area contributed by atoms with E-state index in [2.05, 4.69) is 36.3 Å². The molecule has 1 amide bonds. The molecule has 0 aliphatic carbocycles. The van der Waals surface area contributed by atoms with E-state index < -0.39 is 11.2 Å². The summed E-state index contributed by atoms with van der Waals surface area (Å²) in [5, 5.41) is 10.5. The lowest BCUT2D eigenvalue weighted by Crippen LogP contribution is -2.41. The number of carbonyl (C=O) groups is 1. The molecule has 9 nitrogen and oxygen atoms in total. The first-order valence-electron chi connectivity index (χ1n) is 6.25. The van der Waals surface area contributed by atoms with Crippen molar-refractivity contribution in [2.45, 2.75) is 19.4 Å². The quantitative estimate of drug-likeness (QED) is 0.746. The first-order chi connectivity index (χ1) is 10.1. The molecule has 0 atom stereocenters. The minimum absolute atomic E-state index is 0.180. The summed E-state index contributed by atoms with van der Waals surface area (Å²) in [4.78, 5) is 38.9. The van der Waals surface area contributed by atoms with Crippen LogP contribution in [-0.2, 0) is 17.8 Å². The number of hydrogen-bond donors (Lipinski definition) is 2. The van der Waals surface area contributed by atoms with Crippen LogP contribution in [0.2, 0.25) is 0 Å². The van der Waals surface area contributed by atoms with E-state index in [9.17, 15) is 14.4 Å². The summed E-state index contributed by atoms with van der Waals surface area (Å²) in [6, 6.07) is 0. The smallest absolute Gasteiger partial charge is 0.292 e. The minimum atomic E-state index is -0.631. The second-order valence-corrected chi connectivity index (χ2v) is 5.46. The highest BCUT2D eigenvalue weighted by atomic mass is 79.9. The standard InChI is InChI=1S/C11H11BrN6O3/c12-6-4-17(11(21)13-10(6)20)5-8(19)18-3-1-2-7-9(18)15-16-14-7/h4H,1-3,5H2,(H,13,20,21)(H,14,15,16). The van der Waals surface area contributed by atoms with Crippen LogP contribution >= 0.6 is 15.9 Å². The van der Waals surface area contributed by atoms with Crippen LogP contribution in [-0.4, -0.2) is 37.4 Å². The topological polar surface area (TPSA) is 117 Å². The van der Waals surface area contributed by atoms with Crippen molar-refractivity contribution < 1.29 is 4.79 Å². The van der Waals surface area contributed by atoms with E-state index >= 15 is 0 Å². The molecule has 1 aliphatic rings. The number of H-pyrrole nitrogens is 2. The number of aryl methyl sites for hydroxylation is 1. The number of nitrogens with one attached hydrogen (secondary N) is 2. The van der Waals surface area contributed by atoms with E-state index in [-0.39, 0.29) is 16.9 Å². The monoisotopic (exact) mass is 354 g/mol. The highest BCUT2D eigenvalue weighted by molar-refractivity contribution is 9.10. The molecule has 0 bridgehead atoms. The molecular weight excluding hydrogens is 344 g/mol. The van der Waals surface area contributed by atoms with Gasteiger partial charge in [-0.1, -0.05) is 0 Å². The fourth-order valence-corrected chi connectivity index (χ4v) is 2.56. The van der Waals surface area contributed by atoms with E-state index in [0.717, 1.165) is 23.1 Å². The fourth-order valence-electron chi connectivity index (χ4n) is 2.22. The van der Waals surface area contributed by atoms with Gasteiger partial charge in [0.25, 0.3) is 5.56 Å². The summed E-state index contributed by atoms with van der Waals surface area (Å²) in [5.41, 5.74) is -0.418. The maximum atomic E-state index is 12.4. The number of hydrogen-bond acceptors (Lipinski definition) is 5. The molecule has 0 saturated carbocycles. The molecule has 2 N–H and O–H groups in total. The first-order valence-corrected chi connectivity index (χ1v) is 7.05. The van der Waals surface area contributed by atoms with Crippen molar-refractivity contribution in [2.24, 2.45) is 0 Å². The van der Waals surface area contributed by atoms with Crippen molar-refractivity contribution in [3.05, 3.63) is 37.2 Å². The summed E-state index contributed by atoms with van der Waals surface area (Å²) >= 11 is 3.03. The zero-order valence-corrected chi connectivity index (χ0v) is 12.4. The van der Waals surface area contributed by atoms with Gasteiger partial charge in [0.05, 0.1) is 4.47 Å². The largest absolute Gasteiger partial charge is 0.328 e. The van der Waals surface area contributed by atoms with Gasteiger partial charge in [-0.25, -0.2) is 4.79 Å². The molecule has 0 unspecified atom stereocenters. The molecule has 3 rings (SSSR count). The predicted molar refractivity (Wildman–Crippen MR) is 76.1 cm³/mol. The number of nitrogens with zero attached hydrogens (tertiary/aromatic N) is 4. The van der Waals surface area contributed by atoms with Gasteiger partial charge in [-0.05, 0) is 28.8 Å². The van der Waals surface area contributed by atoms with E-state index in [1.807, 2.05) is 0 Å². The van der Waals surface area contributed by atoms with Crippen LogP contribution in [0.25, 0.3) is 0 Å². The average Bonchev–Trinajstić information content (AvgIpc) is 2.92. The molecular formula is C11H11BrN6O3. The first kappa shape index (κ1) is 13.7. The maximum Gasteiger partial charge on any atom is 0.328 e. The SMILES string of the molecule is O=C(Cn1cc(Br)c(=O)[nH]c1=O)N1CCCc2n[nH]nc21. The number of fused-ring (bicyclic) bond motifs is 1. The Bertz CT molecular complexity index is 807. The van der Waals surface area contributed by atoms with Gasteiger partial charge in [-0.3, -0.25) is 24.0 Å². The van der Waals surface area contributed by atoms with Crippen molar-refractivity contribution in [1.29, 1.82) is 0 Å². The second-order valence-electron chi connectivity index (χ2n) is 4.61. The van der Waals surface area contributed by atoms with Crippen molar-refractivity contribution >= 4 is 27.7 Å². The second kappa shape index (κ2) is 5.28. The molecule has 0 spiro atoms. The van der Waals surface area contributed by atoms with Gasteiger partial charge in [0.15, 0.2) is 5.82 Å². The summed E-state index contributed by atoms with van der Waals surface area (Å²) in [6.07, 6.45) is 2.85. The third-order valence-corrected chi connectivity index (χ3v) is 3.79. The Hall–Kier alpha value is -2.23. The molecule has 2 aromatic rings. The number of amides is 1. The van der Waals surface area contributed by atoms with E-state index in [4.69, 9.17) is 0 Å². The highest BCUT2D eigenvalue weighted by Crippen LogP contribution is 2.22. The van der Waals surface area contributed by atoms with Crippen LogP contribution < -0.4 is 16.1 Å². The Morgan fingerprint density at radius 1 is 1.38 bits per heavy atom. The van der Waals surface area contributed by atoms with Crippen molar-refractivity contribution in [3.8, 4) is 0 Å². The molecule has 0 radical (unpaired) electrons. The van der Waals surface area contributed by atoms with Crippen LogP contribution in [0.1, 0.15) is 12.1 Å². The lowest BCUT2D eigenvalue weighted by atomic mass is 10.1. The van der Waals surface area contributed by atoms with Gasteiger partial charge in [-0.15, -0.1) is 5.10 Å². The van der Waals surface area contributed by atoms with Crippen LogP contribution in [0.15, 0.2) is 20.3 Å². The third-order valence-electron chi connectivity index (χ3n) is 3.22. The van der Waals surface area contributed by atoms with Gasteiger partial charge >= 0.3 is 5.69 Å². The number of halogens is 1. The molecule has 110 valence electrons. The van der Waals surface area contributed by atoms with Crippen molar-refractivity contribution in [2.75, 3.05) is 11.4 Å². The third kappa shape index (κ3) is 2.53.